The van der Waals surface area contributed by atoms with Crippen LogP contribution in [-0.2, 0) is 13.5 Å². The number of hydrogen-bond acceptors (Lipinski definition) is 5. The summed E-state index contributed by atoms with van der Waals surface area (Å²) in [6.45, 7) is 1.46. The van der Waals surface area contributed by atoms with E-state index in [0.717, 1.165) is 41.8 Å². The number of aromatic nitrogens is 4. The lowest BCUT2D eigenvalue weighted by atomic mass is 9.88. The minimum Gasteiger partial charge on any atom is -0.388 e. The highest BCUT2D eigenvalue weighted by Crippen LogP contribution is 2.33. The molecule has 1 atom stereocenters. The molecule has 4 rings (SSSR count). The fraction of sp³-hybridized carbons (Fsp3) is 0.389. The molecule has 6 nitrogen and oxygen atoms in total. The average Bonchev–Trinajstić information content (AvgIpc) is 2.98. The van der Waals surface area contributed by atoms with Gasteiger partial charge in [-0.1, -0.05) is 11.6 Å². The van der Waals surface area contributed by atoms with E-state index in [1.807, 2.05) is 35.9 Å². The number of rotatable bonds is 3. The molecule has 1 saturated heterocycles. The number of halogens is 1. The zero-order chi connectivity index (χ0) is 17.4. The van der Waals surface area contributed by atoms with Gasteiger partial charge in [0, 0.05) is 48.9 Å². The van der Waals surface area contributed by atoms with Crippen LogP contribution in [0.4, 0.5) is 5.69 Å². The number of aryl methyl sites for hydroxylation is 1. The molecule has 7 heteroatoms. The van der Waals surface area contributed by atoms with Crippen molar-refractivity contribution in [1.29, 1.82) is 0 Å². The molecule has 3 heterocycles. The number of benzene rings is 1. The molecule has 1 N–H and O–H groups in total. The third-order valence-corrected chi connectivity index (χ3v) is 5.11. The Bertz CT molecular complexity index is 911. The molecular weight excluding hydrogens is 338 g/mol. The van der Waals surface area contributed by atoms with Crippen molar-refractivity contribution < 1.29 is 5.11 Å². The number of nitrogens with zero attached hydrogens (tertiary/aromatic N) is 5. The van der Waals surface area contributed by atoms with Gasteiger partial charge in [0.05, 0.1) is 11.1 Å². The first kappa shape index (κ1) is 16.3. The number of pyridine rings is 1. The molecule has 1 aliphatic rings. The van der Waals surface area contributed by atoms with Gasteiger partial charge in [-0.05, 0) is 37.1 Å². The van der Waals surface area contributed by atoms with Gasteiger partial charge in [0.15, 0.2) is 0 Å². The van der Waals surface area contributed by atoms with E-state index in [4.69, 9.17) is 11.6 Å². The van der Waals surface area contributed by atoms with Gasteiger partial charge in [0.25, 0.3) is 0 Å². The Balaban J connectivity index is 1.64. The number of aliphatic hydroxyl groups is 1. The summed E-state index contributed by atoms with van der Waals surface area (Å²) in [4.78, 5) is 6.64. The van der Waals surface area contributed by atoms with Crippen molar-refractivity contribution in [2.24, 2.45) is 7.05 Å². The van der Waals surface area contributed by atoms with Gasteiger partial charge in [0.2, 0.25) is 0 Å². The molecule has 1 aromatic carbocycles. The van der Waals surface area contributed by atoms with Crippen LogP contribution < -0.4 is 4.90 Å². The lowest BCUT2D eigenvalue weighted by Gasteiger charge is -2.40. The number of β-amino-alcohol motifs (C(OH)–C–C–N with tert-alkyl or cyclic N) is 1. The highest BCUT2D eigenvalue weighted by molar-refractivity contribution is 6.31. The Labute approximate surface area is 151 Å². The third kappa shape index (κ3) is 3.19. The molecule has 0 bridgehead atoms. The number of hydrogen-bond donors (Lipinski definition) is 1. The number of fused-ring (bicyclic) bond motifs is 1. The normalized spacial score (nSPS) is 21.0. The molecule has 1 fully saturated rings. The monoisotopic (exact) mass is 357 g/mol. The number of piperidine rings is 1. The summed E-state index contributed by atoms with van der Waals surface area (Å²) >= 11 is 6.09. The summed E-state index contributed by atoms with van der Waals surface area (Å²) in [5.41, 5.74) is 1.13. The van der Waals surface area contributed by atoms with E-state index in [1.165, 1.54) is 0 Å². The molecule has 2 aromatic heterocycles. The molecule has 3 aromatic rings. The van der Waals surface area contributed by atoms with Crippen molar-refractivity contribution in [1.82, 2.24) is 19.7 Å². The molecule has 25 heavy (non-hydrogen) atoms. The molecule has 0 radical (unpaired) electrons. The smallest absolute Gasteiger partial charge is 0.135 e. The standard InChI is InChI=1S/C18H20ClN5O/c1-23-12-21-22-17(23)10-18(25)6-2-8-24(11-18)16-5-7-20-15-9-13(19)3-4-14(15)16/h3-5,7,9,12,25H,2,6,8,10-11H2,1H3. The van der Waals surface area contributed by atoms with Gasteiger partial charge >= 0.3 is 0 Å². The average molecular weight is 358 g/mol. The SMILES string of the molecule is Cn1cnnc1CC1(O)CCCN(c2ccnc3cc(Cl)ccc23)C1. The van der Waals surface area contributed by atoms with E-state index >= 15 is 0 Å². The van der Waals surface area contributed by atoms with Gasteiger partial charge in [-0.3, -0.25) is 4.98 Å². The second-order valence-corrected chi connectivity index (χ2v) is 7.21. The lowest BCUT2D eigenvalue weighted by molar-refractivity contribution is 0.0239. The lowest BCUT2D eigenvalue weighted by Crippen LogP contribution is -2.50. The van der Waals surface area contributed by atoms with Crippen LogP contribution in [0.3, 0.4) is 0 Å². The molecule has 0 aliphatic carbocycles. The summed E-state index contributed by atoms with van der Waals surface area (Å²) in [6, 6.07) is 7.75. The molecule has 1 unspecified atom stereocenters. The van der Waals surface area contributed by atoms with Crippen LogP contribution in [0.25, 0.3) is 10.9 Å². The summed E-state index contributed by atoms with van der Waals surface area (Å²) in [6.07, 6.45) is 5.63. The van der Waals surface area contributed by atoms with Crippen molar-refractivity contribution in [2.75, 3.05) is 18.0 Å². The van der Waals surface area contributed by atoms with Crippen molar-refractivity contribution in [2.45, 2.75) is 24.9 Å². The fourth-order valence-corrected chi connectivity index (χ4v) is 3.77. The van der Waals surface area contributed by atoms with Crippen LogP contribution in [0.1, 0.15) is 18.7 Å². The Morgan fingerprint density at radius 3 is 3.00 bits per heavy atom. The highest BCUT2D eigenvalue weighted by Gasteiger charge is 2.35. The zero-order valence-corrected chi connectivity index (χ0v) is 14.8. The van der Waals surface area contributed by atoms with E-state index in [2.05, 4.69) is 20.1 Å². The maximum Gasteiger partial charge on any atom is 0.135 e. The van der Waals surface area contributed by atoms with Gasteiger partial charge in [-0.15, -0.1) is 10.2 Å². The molecule has 0 spiro atoms. The largest absolute Gasteiger partial charge is 0.388 e. The van der Waals surface area contributed by atoms with E-state index in [-0.39, 0.29) is 0 Å². The van der Waals surface area contributed by atoms with Crippen LogP contribution in [0.2, 0.25) is 5.02 Å². The maximum atomic E-state index is 11.2. The van der Waals surface area contributed by atoms with Crippen molar-refractivity contribution >= 4 is 28.2 Å². The van der Waals surface area contributed by atoms with Crippen LogP contribution >= 0.6 is 11.6 Å². The Morgan fingerprint density at radius 1 is 1.32 bits per heavy atom. The second kappa shape index (κ2) is 6.28. The summed E-state index contributed by atoms with van der Waals surface area (Å²) < 4.78 is 1.86. The quantitative estimate of drug-likeness (QED) is 0.780. The number of anilines is 1. The van der Waals surface area contributed by atoms with Gasteiger partial charge in [-0.25, -0.2) is 0 Å². The predicted octanol–water partition coefficient (Wildman–Crippen LogP) is 2.59. The minimum absolute atomic E-state index is 0.495. The van der Waals surface area contributed by atoms with Crippen molar-refractivity contribution in [3.8, 4) is 0 Å². The van der Waals surface area contributed by atoms with Crippen LogP contribution in [0.15, 0.2) is 36.8 Å². The molecular formula is C18H20ClN5O. The Morgan fingerprint density at radius 2 is 2.20 bits per heavy atom. The van der Waals surface area contributed by atoms with Crippen LogP contribution in [0.5, 0.6) is 0 Å². The Hall–Kier alpha value is -2.18. The van der Waals surface area contributed by atoms with Crippen molar-refractivity contribution in [3.05, 3.63) is 47.6 Å². The van der Waals surface area contributed by atoms with E-state index in [1.54, 1.807) is 12.5 Å². The second-order valence-electron chi connectivity index (χ2n) is 6.78. The third-order valence-electron chi connectivity index (χ3n) is 4.87. The highest BCUT2D eigenvalue weighted by atomic mass is 35.5. The summed E-state index contributed by atoms with van der Waals surface area (Å²) in [5.74, 6) is 0.802. The van der Waals surface area contributed by atoms with Gasteiger partial charge < -0.3 is 14.6 Å². The fourth-order valence-electron chi connectivity index (χ4n) is 3.61. The first-order valence-corrected chi connectivity index (χ1v) is 8.76. The molecule has 1 aliphatic heterocycles. The van der Waals surface area contributed by atoms with E-state index < -0.39 is 5.60 Å². The molecule has 130 valence electrons. The molecule has 0 amide bonds. The van der Waals surface area contributed by atoms with Crippen LogP contribution in [-0.4, -0.2) is 43.5 Å². The zero-order valence-electron chi connectivity index (χ0n) is 14.1. The van der Waals surface area contributed by atoms with Crippen LogP contribution in [0, 0.1) is 0 Å². The Kier molecular flexibility index (Phi) is 4.09. The summed E-state index contributed by atoms with van der Waals surface area (Å²) in [5, 5.41) is 20.9. The summed E-state index contributed by atoms with van der Waals surface area (Å²) in [7, 11) is 1.90. The topological polar surface area (TPSA) is 67.1 Å². The maximum absolute atomic E-state index is 11.2. The van der Waals surface area contributed by atoms with E-state index in [0.29, 0.717) is 18.0 Å². The van der Waals surface area contributed by atoms with Gasteiger partial charge in [0.1, 0.15) is 12.2 Å². The van der Waals surface area contributed by atoms with Crippen molar-refractivity contribution in [3.63, 3.8) is 0 Å². The van der Waals surface area contributed by atoms with E-state index in [9.17, 15) is 5.11 Å². The predicted molar refractivity (Wildman–Crippen MR) is 97.9 cm³/mol. The molecule has 0 saturated carbocycles. The first-order chi connectivity index (χ1) is 12.0. The van der Waals surface area contributed by atoms with Gasteiger partial charge in [-0.2, -0.15) is 0 Å². The first-order valence-electron chi connectivity index (χ1n) is 8.39. The minimum atomic E-state index is -0.818.